The molecule has 0 aromatic heterocycles. The zero-order chi connectivity index (χ0) is 17.1. The summed E-state index contributed by atoms with van der Waals surface area (Å²) in [7, 11) is 0. The number of rotatable bonds is 4. The van der Waals surface area contributed by atoms with E-state index >= 15 is 0 Å². The van der Waals surface area contributed by atoms with E-state index in [1.54, 1.807) is 42.5 Å². The molecule has 0 radical (unpaired) electrons. The Hall–Kier alpha value is -2.71. The van der Waals surface area contributed by atoms with E-state index in [-0.39, 0.29) is 18.1 Å². The molecular formula is C18H16ClN3O2. The van der Waals surface area contributed by atoms with Crippen molar-refractivity contribution in [2.45, 2.75) is 25.0 Å². The second kappa shape index (κ2) is 6.81. The molecule has 0 bridgehead atoms. The van der Waals surface area contributed by atoms with Gasteiger partial charge in [-0.15, -0.1) is 0 Å². The number of ether oxygens (including phenoxy) is 1. The number of nitrogens with two attached hydrogens (primary N) is 1. The molecule has 0 spiro atoms. The first-order chi connectivity index (χ1) is 11.5. The number of nitriles is 1. The van der Waals surface area contributed by atoms with Crippen molar-refractivity contribution < 1.29 is 9.53 Å². The van der Waals surface area contributed by atoms with Gasteiger partial charge in [-0.05, 0) is 36.4 Å². The third-order valence-corrected chi connectivity index (χ3v) is 4.28. The molecule has 1 saturated carbocycles. The Morgan fingerprint density at radius 2 is 1.96 bits per heavy atom. The molecule has 6 heteroatoms. The molecule has 0 aliphatic heterocycles. The minimum absolute atomic E-state index is 0.0331. The van der Waals surface area contributed by atoms with Crippen molar-refractivity contribution in [1.82, 2.24) is 5.32 Å². The lowest BCUT2D eigenvalue weighted by atomic mass is 9.89. The topological polar surface area (TPSA) is 88.1 Å². The molecule has 122 valence electrons. The molecule has 5 nitrogen and oxygen atoms in total. The summed E-state index contributed by atoms with van der Waals surface area (Å²) in [4.78, 5) is 12.1. The number of nitrogens with zero attached hydrogens (tertiary/aromatic N) is 1. The van der Waals surface area contributed by atoms with Crippen LogP contribution < -0.4 is 15.8 Å². The number of nitrogen functional groups attached to an aromatic ring is 1. The van der Waals surface area contributed by atoms with E-state index in [2.05, 4.69) is 5.32 Å². The fraction of sp³-hybridized carbons (Fsp3) is 0.222. The van der Waals surface area contributed by atoms with Gasteiger partial charge in [-0.1, -0.05) is 11.6 Å². The minimum Gasteiger partial charge on any atom is -0.490 e. The maximum absolute atomic E-state index is 12.1. The highest BCUT2D eigenvalue weighted by molar-refractivity contribution is 6.31. The second-order valence-corrected chi connectivity index (χ2v) is 6.16. The average molecular weight is 342 g/mol. The van der Waals surface area contributed by atoms with Gasteiger partial charge in [0.2, 0.25) is 0 Å². The van der Waals surface area contributed by atoms with Gasteiger partial charge in [0.25, 0.3) is 5.91 Å². The smallest absolute Gasteiger partial charge is 0.251 e. The van der Waals surface area contributed by atoms with Gasteiger partial charge >= 0.3 is 0 Å². The fourth-order valence-corrected chi connectivity index (χ4v) is 2.75. The molecule has 1 aliphatic rings. The Balaban J connectivity index is 1.49. The third-order valence-electron chi connectivity index (χ3n) is 3.97. The number of amides is 1. The second-order valence-electron chi connectivity index (χ2n) is 5.76. The van der Waals surface area contributed by atoms with Crippen LogP contribution in [0.15, 0.2) is 42.5 Å². The third kappa shape index (κ3) is 3.61. The van der Waals surface area contributed by atoms with E-state index in [1.165, 1.54) is 0 Å². The van der Waals surface area contributed by atoms with Crippen LogP contribution in [0.5, 0.6) is 5.75 Å². The standard InChI is InChI=1S/C18H16ClN3O2/c19-17-9-15(6-3-12(17)10-20)24-16-7-14(8-16)22-18(23)11-1-4-13(21)5-2-11/h1-6,9,14,16H,7-8,21H2,(H,22,23). The summed E-state index contributed by atoms with van der Waals surface area (Å²) in [5.41, 5.74) is 7.25. The quantitative estimate of drug-likeness (QED) is 0.836. The van der Waals surface area contributed by atoms with Crippen LogP contribution in [-0.4, -0.2) is 18.1 Å². The number of nitrogens with one attached hydrogen (secondary N) is 1. The van der Waals surface area contributed by atoms with Gasteiger partial charge in [0.05, 0.1) is 10.6 Å². The van der Waals surface area contributed by atoms with Gasteiger partial charge in [-0.3, -0.25) is 4.79 Å². The molecule has 1 fully saturated rings. The molecule has 24 heavy (non-hydrogen) atoms. The van der Waals surface area contributed by atoms with Gasteiger partial charge in [0.15, 0.2) is 0 Å². The molecule has 0 unspecified atom stereocenters. The van der Waals surface area contributed by atoms with E-state index < -0.39 is 0 Å². The van der Waals surface area contributed by atoms with Gasteiger partial charge in [0.1, 0.15) is 17.9 Å². The van der Waals surface area contributed by atoms with Crippen molar-refractivity contribution in [2.24, 2.45) is 0 Å². The van der Waals surface area contributed by atoms with Gasteiger partial charge < -0.3 is 15.8 Å². The van der Waals surface area contributed by atoms with Crippen molar-refractivity contribution in [3.8, 4) is 11.8 Å². The molecule has 3 rings (SSSR count). The zero-order valence-corrected chi connectivity index (χ0v) is 13.6. The van der Waals surface area contributed by atoms with Gasteiger partial charge in [0, 0.05) is 36.2 Å². The lowest BCUT2D eigenvalue weighted by Crippen LogP contribution is -2.48. The van der Waals surface area contributed by atoms with Crippen LogP contribution in [0.3, 0.4) is 0 Å². The highest BCUT2D eigenvalue weighted by atomic mass is 35.5. The van der Waals surface area contributed by atoms with E-state index in [0.717, 1.165) is 12.8 Å². The molecule has 2 aromatic rings. The van der Waals surface area contributed by atoms with Gasteiger partial charge in [-0.25, -0.2) is 0 Å². The van der Waals surface area contributed by atoms with Crippen molar-refractivity contribution in [1.29, 1.82) is 5.26 Å². The molecule has 0 saturated heterocycles. The summed E-state index contributed by atoms with van der Waals surface area (Å²) >= 11 is 5.98. The SMILES string of the molecule is N#Cc1ccc(OC2CC(NC(=O)c3ccc(N)cc3)C2)cc1Cl. The van der Waals surface area contributed by atoms with E-state index in [0.29, 0.717) is 27.6 Å². The highest BCUT2D eigenvalue weighted by Gasteiger charge is 2.32. The van der Waals surface area contributed by atoms with Crippen molar-refractivity contribution in [3.05, 3.63) is 58.6 Å². The highest BCUT2D eigenvalue weighted by Crippen LogP contribution is 2.29. The summed E-state index contributed by atoms with van der Waals surface area (Å²) in [6.07, 6.45) is 1.50. The molecule has 2 aromatic carbocycles. The summed E-state index contributed by atoms with van der Waals surface area (Å²) < 4.78 is 5.80. The number of hydrogen-bond acceptors (Lipinski definition) is 4. The Kier molecular flexibility index (Phi) is 4.59. The van der Waals surface area contributed by atoms with Crippen LogP contribution in [0.1, 0.15) is 28.8 Å². The first-order valence-corrected chi connectivity index (χ1v) is 7.95. The van der Waals surface area contributed by atoms with Crippen LogP contribution in [0.2, 0.25) is 5.02 Å². The molecule has 0 atom stereocenters. The average Bonchev–Trinajstić information content (AvgIpc) is 2.53. The lowest BCUT2D eigenvalue weighted by Gasteiger charge is -2.35. The Morgan fingerprint density at radius 1 is 1.25 bits per heavy atom. The number of halogens is 1. The zero-order valence-electron chi connectivity index (χ0n) is 12.8. The number of benzene rings is 2. The van der Waals surface area contributed by atoms with E-state index in [1.807, 2.05) is 6.07 Å². The summed E-state index contributed by atoms with van der Waals surface area (Å²) in [5, 5.41) is 12.2. The van der Waals surface area contributed by atoms with Crippen LogP contribution in [0.25, 0.3) is 0 Å². The van der Waals surface area contributed by atoms with Crippen LogP contribution in [0.4, 0.5) is 5.69 Å². The summed E-state index contributed by atoms with van der Waals surface area (Å²) in [6.45, 7) is 0. The number of carbonyl (C=O) groups excluding carboxylic acids is 1. The predicted molar refractivity (Wildman–Crippen MR) is 91.9 cm³/mol. The van der Waals surface area contributed by atoms with Crippen LogP contribution in [0, 0.1) is 11.3 Å². The normalized spacial score (nSPS) is 19.0. The molecule has 0 heterocycles. The van der Waals surface area contributed by atoms with E-state index in [4.69, 9.17) is 27.3 Å². The first kappa shape index (κ1) is 16.2. The molecular weight excluding hydrogens is 326 g/mol. The molecule has 3 N–H and O–H groups in total. The van der Waals surface area contributed by atoms with Crippen molar-refractivity contribution >= 4 is 23.2 Å². The first-order valence-electron chi connectivity index (χ1n) is 7.58. The molecule has 1 aliphatic carbocycles. The maximum Gasteiger partial charge on any atom is 0.251 e. The molecule has 1 amide bonds. The van der Waals surface area contributed by atoms with Crippen LogP contribution >= 0.6 is 11.6 Å². The van der Waals surface area contributed by atoms with E-state index in [9.17, 15) is 4.79 Å². The largest absolute Gasteiger partial charge is 0.490 e. The fourth-order valence-electron chi connectivity index (χ4n) is 2.54. The Morgan fingerprint density at radius 3 is 2.58 bits per heavy atom. The predicted octanol–water partition coefficient (Wildman–Crippen LogP) is 3.13. The monoisotopic (exact) mass is 341 g/mol. The number of carbonyl (C=O) groups is 1. The Labute approximate surface area is 145 Å². The summed E-state index contributed by atoms with van der Waals surface area (Å²) in [6, 6.07) is 13.9. The Bertz CT molecular complexity index is 793. The van der Waals surface area contributed by atoms with Gasteiger partial charge in [-0.2, -0.15) is 5.26 Å². The number of anilines is 1. The lowest BCUT2D eigenvalue weighted by molar-refractivity contribution is 0.0701. The van der Waals surface area contributed by atoms with Crippen molar-refractivity contribution in [2.75, 3.05) is 5.73 Å². The van der Waals surface area contributed by atoms with Crippen molar-refractivity contribution in [3.63, 3.8) is 0 Å². The maximum atomic E-state index is 12.1. The van der Waals surface area contributed by atoms with Crippen LogP contribution in [-0.2, 0) is 0 Å². The summed E-state index contributed by atoms with van der Waals surface area (Å²) in [5.74, 6) is 0.521. The minimum atomic E-state index is -0.111. The number of hydrogen-bond donors (Lipinski definition) is 2.